The van der Waals surface area contributed by atoms with Crippen LogP contribution in [0.5, 0.6) is 5.75 Å². The van der Waals surface area contributed by atoms with Crippen LogP contribution in [0.15, 0.2) is 58.7 Å². The Kier molecular flexibility index (Phi) is 5.18. The molecule has 2 heterocycles. The predicted molar refractivity (Wildman–Crippen MR) is 111 cm³/mol. The smallest absolute Gasteiger partial charge is 0.329 e. The third kappa shape index (κ3) is 3.66. The lowest BCUT2D eigenvalue weighted by Crippen LogP contribution is -2.26. The van der Waals surface area contributed by atoms with Gasteiger partial charge in [-0.05, 0) is 24.3 Å². The van der Waals surface area contributed by atoms with Crippen LogP contribution in [0.1, 0.15) is 5.69 Å². The van der Waals surface area contributed by atoms with E-state index in [9.17, 15) is 9.59 Å². The first kappa shape index (κ1) is 18.9. The number of ether oxygens (including phenoxy) is 2. The fourth-order valence-electron chi connectivity index (χ4n) is 3.16. The number of hydrogen-bond acceptors (Lipinski definition) is 6. The van der Waals surface area contributed by atoms with Crippen LogP contribution in [0.2, 0.25) is 0 Å². The molecule has 0 fully saturated rings. The van der Waals surface area contributed by atoms with Gasteiger partial charge in [-0.2, -0.15) is 0 Å². The summed E-state index contributed by atoms with van der Waals surface area (Å²) in [6, 6.07) is 15.0. The largest absolute Gasteiger partial charge is 0.496 e. The van der Waals surface area contributed by atoms with Crippen LogP contribution in [0, 0.1) is 0 Å². The molecule has 0 saturated heterocycles. The lowest BCUT2D eigenvalue weighted by atomic mass is 10.2. The number of aromatic nitrogens is 3. The molecule has 0 saturated carbocycles. The van der Waals surface area contributed by atoms with Crippen molar-refractivity contribution in [3.05, 3.63) is 70.1 Å². The second-order valence-electron chi connectivity index (χ2n) is 6.42. The highest BCUT2D eigenvalue weighted by Gasteiger charge is 2.15. The molecule has 4 aromatic rings. The minimum absolute atomic E-state index is 0.0456. The molecule has 2 aromatic carbocycles. The minimum Gasteiger partial charge on any atom is -0.496 e. The molecule has 8 heteroatoms. The molecule has 0 aliphatic rings. The zero-order chi connectivity index (χ0) is 20.4. The number of esters is 1. The van der Waals surface area contributed by atoms with Crippen molar-refractivity contribution < 1.29 is 14.3 Å². The zero-order valence-electron chi connectivity index (χ0n) is 16.0. The number of fused-ring (bicyclic) bond motifs is 1. The van der Waals surface area contributed by atoms with E-state index in [1.165, 1.54) is 20.5 Å². The summed E-state index contributed by atoms with van der Waals surface area (Å²) >= 11 is 1.45. The van der Waals surface area contributed by atoms with Gasteiger partial charge in [0.25, 0.3) is 0 Å². The van der Waals surface area contributed by atoms with E-state index in [1.807, 2.05) is 53.9 Å². The van der Waals surface area contributed by atoms with Crippen LogP contribution < -0.4 is 10.4 Å². The summed E-state index contributed by atoms with van der Waals surface area (Å²) in [5.41, 5.74) is 2.75. The number of benzene rings is 2. The standard InChI is InChI=1S/C21H19N3O4S/c1-23-16-8-4-5-9-17(16)24(21(23)26)11-19(25)28-12-14-13-29-20(22-14)15-7-3-6-10-18(15)27-2/h3-10,13H,11-12H2,1-2H3. The number of methoxy groups -OCH3 is 1. The Labute approximate surface area is 170 Å². The molecule has 2 aromatic heterocycles. The van der Waals surface area contributed by atoms with Gasteiger partial charge >= 0.3 is 11.7 Å². The number of hydrogen-bond donors (Lipinski definition) is 0. The van der Waals surface area contributed by atoms with Gasteiger partial charge in [0.2, 0.25) is 0 Å². The number of carbonyl (C=O) groups is 1. The fourth-order valence-corrected chi connectivity index (χ4v) is 4.00. The lowest BCUT2D eigenvalue weighted by molar-refractivity contribution is -0.145. The normalized spacial score (nSPS) is 11.0. The summed E-state index contributed by atoms with van der Waals surface area (Å²) in [7, 11) is 3.30. The lowest BCUT2D eigenvalue weighted by Gasteiger charge is -2.05. The van der Waals surface area contributed by atoms with E-state index in [4.69, 9.17) is 9.47 Å². The van der Waals surface area contributed by atoms with Crippen molar-refractivity contribution in [1.82, 2.24) is 14.1 Å². The van der Waals surface area contributed by atoms with Crippen molar-refractivity contribution in [3.8, 4) is 16.3 Å². The van der Waals surface area contributed by atoms with E-state index in [0.29, 0.717) is 11.2 Å². The average molecular weight is 409 g/mol. The van der Waals surface area contributed by atoms with Crippen LogP contribution >= 0.6 is 11.3 Å². The summed E-state index contributed by atoms with van der Waals surface area (Å²) in [6.45, 7) is -0.103. The SMILES string of the molecule is COc1ccccc1-c1nc(COC(=O)Cn2c(=O)n(C)c3ccccc32)cs1. The summed E-state index contributed by atoms with van der Waals surface area (Å²) in [5.74, 6) is 0.246. The van der Waals surface area contributed by atoms with Crippen molar-refractivity contribution in [2.24, 2.45) is 7.05 Å². The van der Waals surface area contributed by atoms with Gasteiger partial charge in [-0.1, -0.05) is 24.3 Å². The topological polar surface area (TPSA) is 75.3 Å². The van der Waals surface area contributed by atoms with Crippen molar-refractivity contribution >= 4 is 28.3 Å². The molecule has 4 rings (SSSR count). The molecule has 148 valence electrons. The predicted octanol–water partition coefficient (Wildman–Crippen LogP) is 3.22. The number of para-hydroxylation sites is 3. The van der Waals surface area contributed by atoms with Gasteiger partial charge in [0.15, 0.2) is 0 Å². The van der Waals surface area contributed by atoms with Crippen molar-refractivity contribution in [1.29, 1.82) is 0 Å². The third-order valence-electron chi connectivity index (χ3n) is 4.61. The van der Waals surface area contributed by atoms with Crippen LogP contribution in [0.4, 0.5) is 0 Å². The Bertz CT molecular complexity index is 1240. The molecule has 0 spiro atoms. The van der Waals surface area contributed by atoms with Crippen LogP contribution in [0.25, 0.3) is 21.6 Å². The van der Waals surface area contributed by atoms with Crippen molar-refractivity contribution in [2.75, 3.05) is 7.11 Å². The Morgan fingerprint density at radius 3 is 2.62 bits per heavy atom. The molecule has 29 heavy (non-hydrogen) atoms. The fraction of sp³-hybridized carbons (Fsp3) is 0.190. The van der Waals surface area contributed by atoms with E-state index in [-0.39, 0.29) is 18.8 Å². The van der Waals surface area contributed by atoms with E-state index >= 15 is 0 Å². The molecule has 0 amide bonds. The third-order valence-corrected chi connectivity index (χ3v) is 5.53. The van der Waals surface area contributed by atoms with Crippen LogP contribution in [0.3, 0.4) is 0 Å². The highest BCUT2D eigenvalue weighted by molar-refractivity contribution is 7.13. The van der Waals surface area contributed by atoms with E-state index in [0.717, 1.165) is 21.8 Å². The number of rotatable bonds is 6. The Balaban J connectivity index is 1.46. The van der Waals surface area contributed by atoms with Gasteiger partial charge in [0.1, 0.15) is 23.9 Å². The van der Waals surface area contributed by atoms with Crippen LogP contribution in [-0.2, 0) is 29.7 Å². The molecule has 0 bridgehead atoms. The summed E-state index contributed by atoms with van der Waals surface area (Å²) in [6.07, 6.45) is 0. The van der Waals surface area contributed by atoms with E-state index in [1.54, 1.807) is 14.2 Å². The molecule has 0 radical (unpaired) electrons. The highest BCUT2D eigenvalue weighted by Crippen LogP contribution is 2.31. The minimum atomic E-state index is -0.490. The highest BCUT2D eigenvalue weighted by atomic mass is 32.1. The maximum Gasteiger partial charge on any atom is 0.329 e. The summed E-state index contributed by atoms with van der Waals surface area (Å²) < 4.78 is 13.7. The molecule has 0 aliphatic heterocycles. The summed E-state index contributed by atoms with van der Waals surface area (Å²) in [4.78, 5) is 29.3. The average Bonchev–Trinajstić information content (AvgIpc) is 3.32. The van der Waals surface area contributed by atoms with Gasteiger partial charge in [-0.3, -0.25) is 13.9 Å². The van der Waals surface area contributed by atoms with Gasteiger partial charge in [0, 0.05) is 12.4 Å². The number of aryl methyl sites for hydroxylation is 1. The Morgan fingerprint density at radius 1 is 1.10 bits per heavy atom. The van der Waals surface area contributed by atoms with Gasteiger partial charge in [-0.25, -0.2) is 9.78 Å². The van der Waals surface area contributed by atoms with E-state index in [2.05, 4.69) is 4.98 Å². The Hall–Kier alpha value is -3.39. The maximum atomic E-state index is 12.4. The number of imidazole rings is 1. The molecule has 0 aliphatic carbocycles. The first-order valence-corrected chi connectivity index (χ1v) is 9.84. The van der Waals surface area contributed by atoms with E-state index < -0.39 is 5.97 Å². The number of thiazole rings is 1. The first-order chi connectivity index (χ1) is 14.1. The zero-order valence-corrected chi connectivity index (χ0v) is 16.8. The number of carbonyl (C=O) groups excluding carboxylic acids is 1. The van der Waals surface area contributed by atoms with Gasteiger partial charge < -0.3 is 9.47 Å². The molecule has 0 unspecified atom stereocenters. The van der Waals surface area contributed by atoms with Crippen LogP contribution in [-0.4, -0.2) is 27.2 Å². The molecule has 7 nitrogen and oxygen atoms in total. The quantitative estimate of drug-likeness (QED) is 0.457. The second-order valence-corrected chi connectivity index (χ2v) is 7.28. The van der Waals surface area contributed by atoms with Gasteiger partial charge in [0.05, 0.1) is 29.4 Å². The summed E-state index contributed by atoms with van der Waals surface area (Å²) in [5, 5.41) is 2.64. The molecular formula is C21H19N3O4S. The first-order valence-electron chi connectivity index (χ1n) is 8.96. The molecule has 0 atom stereocenters. The molecular weight excluding hydrogens is 390 g/mol. The van der Waals surface area contributed by atoms with Crippen molar-refractivity contribution in [3.63, 3.8) is 0 Å². The van der Waals surface area contributed by atoms with Crippen molar-refractivity contribution in [2.45, 2.75) is 13.2 Å². The molecule has 0 N–H and O–H groups in total. The Morgan fingerprint density at radius 2 is 1.83 bits per heavy atom. The monoisotopic (exact) mass is 409 g/mol. The maximum absolute atomic E-state index is 12.4. The van der Waals surface area contributed by atoms with Gasteiger partial charge in [-0.15, -0.1) is 11.3 Å². The number of nitrogens with zero attached hydrogens (tertiary/aromatic N) is 3. The second kappa shape index (κ2) is 7.92.